The lowest BCUT2D eigenvalue weighted by Gasteiger charge is -2.37. The Morgan fingerprint density at radius 1 is 1.15 bits per heavy atom. The predicted octanol–water partition coefficient (Wildman–Crippen LogP) is 1.89. The Labute approximate surface area is 208 Å². The van der Waals surface area contributed by atoms with Crippen molar-refractivity contribution in [2.75, 3.05) is 64.5 Å². The van der Waals surface area contributed by atoms with E-state index >= 15 is 0 Å². The summed E-state index contributed by atoms with van der Waals surface area (Å²) in [5.74, 6) is -0.167. The van der Waals surface area contributed by atoms with Gasteiger partial charge >= 0.3 is 0 Å². The Hall–Kier alpha value is -2.24. The minimum Gasteiger partial charge on any atom is -0.395 e. The Bertz CT molecular complexity index is 1170. The number of carbonyl (C=O) groups is 1. The molecule has 4 rings (SSSR count). The number of hydrogen-bond acceptors (Lipinski definition) is 8. The van der Waals surface area contributed by atoms with Gasteiger partial charge in [-0.1, -0.05) is 42.2 Å². The number of pyridine rings is 1. The fraction of sp³-hybridized carbons (Fsp3) is 0.458. The molecular weight excluding hydrogens is 472 g/mol. The number of para-hydroxylation sites is 1. The first-order chi connectivity index (χ1) is 16.5. The number of benzene rings is 1. The van der Waals surface area contributed by atoms with Crippen LogP contribution in [0.3, 0.4) is 0 Å². The van der Waals surface area contributed by atoms with Crippen LogP contribution in [0.1, 0.15) is 12.0 Å². The number of carbonyl (C=O) groups excluding carboxylic acids is 1. The van der Waals surface area contributed by atoms with E-state index in [0.29, 0.717) is 40.9 Å². The number of ether oxygens (including phenoxy) is 1. The maximum Gasteiger partial charge on any atom is 0.266 e. The molecule has 1 aromatic heterocycles. The third-order valence-corrected chi connectivity index (χ3v) is 7.67. The maximum atomic E-state index is 13.5. The first kappa shape index (κ1) is 24.9. The van der Waals surface area contributed by atoms with Crippen molar-refractivity contribution in [3.05, 3.63) is 45.1 Å². The van der Waals surface area contributed by atoms with E-state index in [-0.39, 0.29) is 18.1 Å². The Balaban J connectivity index is 1.76. The van der Waals surface area contributed by atoms with Gasteiger partial charge in [-0.3, -0.25) is 19.4 Å². The zero-order valence-corrected chi connectivity index (χ0v) is 21.2. The van der Waals surface area contributed by atoms with Crippen LogP contribution in [0.15, 0.2) is 34.0 Å². The van der Waals surface area contributed by atoms with Crippen molar-refractivity contribution in [3.8, 4) is 0 Å². The highest BCUT2D eigenvalue weighted by Crippen LogP contribution is 2.36. The topological polar surface area (TPSA) is 78.2 Å². The molecule has 8 nitrogen and oxygen atoms in total. The van der Waals surface area contributed by atoms with Gasteiger partial charge in [0.05, 0.1) is 28.3 Å². The molecule has 2 aliphatic heterocycles. The maximum absolute atomic E-state index is 13.5. The van der Waals surface area contributed by atoms with E-state index in [0.717, 1.165) is 42.8 Å². The Morgan fingerprint density at radius 2 is 1.88 bits per heavy atom. The molecule has 0 bridgehead atoms. The van der Waals surface area contributed by atoms with Crippen LogP contribution in [0, 0.1) is 0 Å². The Morgan fingerprint density at radius 3 is 2.59 bits per heavy atom. The number of aliphatic hydroxyl groups excluding tert-OH is 1. The zero-order chi connectivity index (χ0) is 24.2. The van der Waals surface area contributed by atoms with Gasteiger partial charge in [0.1, 0.15) is 4.32 Å². The highest BCUT2D eigenvalue weighted by Gasteiger charge is 2.33. The summed E-state index contributed by atoms with van der Waals surface area (Å²) in [5.41, 5.74) is 2.07. The molecule has 1 N–H and O–H groups in total. The lowest BCUT2D eigenvalue weighted by molar-refractivity contribution is -0.122. The second kappa shape index (κ2) is 11.0. The summed E-state index contributed by atoms with van der Waals surface area (Å²) >= 11 is 6.70. The number of hydrogen-bond donors (Lipinski definition) is 1. The number of rotatable bonds is 8. The van der Waals surface area contributed by atoms with Gasteiger partial charge < -0.3 is 19.3 Å². The van der Waals surface area contributed by atoms with Crippen LogP contribution in [0.5, 0.6) is 0 Å². The second-order valence-corrected chi connectivity index (χ2v) is 10.1. The van der Waals surface area contributed by atoms with Crippen LogP contribution in [0.25, 0.3) is 17.0 Å². The van der Waals surface area contributed by atoms with Gasteiger partial charge in [0.2, 0.25) is 0 Å². The van der Waals surface area contributed by atoms with Crippen molar-refractivity contribution in [1.29, 1.82) is 0 Å². The molecule has 1 amide bonds. The SMILES string of the molecule is COCCCN1C(=O)C(=Cc2c(N3CCN(CCO)CC3)c3ccccc3n(C)c2=O)SC1=S. The number of aromatic nitrogens is 1. The summed E-state index contributed by atoms with van der Waals surface area (Å²) in [7, 11) is 3.39. The van der Waals surface area contributed by atoms with Crippen LogP contribution < -0.4 is 10.5 Å². The number of nitrogens with zero attached hydrogens (tertiary/aromatic N) is 4. The van der Waals surface area contributed by atoms with Crippen molar-refractivity contribution < 1.29 is 14.6 Å². The summed E-state index contributed by atoms with van der Waals surface area (Å²) in [6.07, 6.45) is 2.41. The average molecular weight is 503 g/mol. The van der Waals surface area contributed by atoms with Gasteiger partial charge in [-0.25, -0.2) is 0 Å². The molecule has 0 spiro atoms. The van der Waals surface area contributed by atoms with Gasteiger partial charge in [-0.05, 0) is 18.6 Å². The molecule has 0 aliphatic carbocycles. The van der Waals surface area contributed by atoms with Crippen LogP contribution in [-0.4, -0.2) is 89.3 Å². The first-order valence-corrected chi connectivity index (χ1v) is 12.6. The summed E-state index contributed by atoms with van der Waals surface area (Å²) in [6.45, 7) is 4.87. The summed E-state index contributed by atoms with van der Waals surface area (Å²) < 4.78 is 7.25. The number of piperazine rings is 1. The lowest BCUT2D eigenvalue weighted by Crippen LogP contribution is -2.48. The number of β-amino-alcohol motifs (C(OH)–C–C–N with tert-alkyl or cyclic N) is 1. The third-order valence-electron chi connectivity index (χ3n) is 6.29. The van der Waals surface area contributed by atoms with Gasteiger partial charge in [0, 0.05) is 65.4 Å². The number of amides is 1. The average Bonchev–Trinajstić information content (AvgIpc) is 3.11. The summed E-state index contributed by atoms with van der Waals surface area (Å²) in [4.78, 5) is 33.2. The zero-order valence-electron chi connectivity index (χ0n) is 19.5. The molecule has 2 aliphatic rings. The van der Waals surface area contributed by atoms with Crippen molar-refractivity contribution >= 4 is 56.9 Å². The number of thiocarbonyl (C=S) groups is 1. The molecule has 2 saturated heterocycles. The molecule has 2 aromatic rings. The molecular formula is C24H30N4O4S2. The molecule has 0 saturated carbocycles. The van der Waals surface area contributed by atoms with E-state index in [1.807, 2.05) is 24.3 Å². The Kier molecular flexibility index (Phi) is 8.05. The molecule has 3 heterocycles. The molecule has 1 aromatic carbocycles. The molecule has 34 heavy (non-hydrogen) atoms. The standard InChI is InChI=1S/C24H30N4O4S2/c1-25-19-7-4-3-6-17(19)21(27-11-9-26(10-12-27)13-14-29)18(22(25)30)16-20-23(31)28(24(33)34-20)8-5-15-32-2/h3-4,6-7,16,29H,5,8-15H2,1-2H3. The van der Waals surface area contributed by atoms with Crippen LogP contribution >= 0.6 is 24.0 Å². The number of thioether (sulfide) groups is 1. The first-order valence-electron chi connectivity index (χ1n) is 11.4. The van der Waals surface area contributed by atoms with E-state index in [9.17, 15) is 14.7 Å². The van der Waals surface area contributed by atoms with Gasteiger partial charge in [0.25, 0.3) is 11.5 Å². The number of methoxy groups -OCH3 is 1. The van der Waals surface area contributed by atoms with Crippen molar-refractivity contribution in [2.45, 2.75) is 6.42 Å². The number of aliphatic hydroxyl groups is 1. The van der Waals surface area contributed by atoms with Crippen LogP contribution in [0.2, 0.25) is 0 Å². The number of fused-ring (bicyclic) bond motifs is 1. The molecule has 182 valence electrons. The van der Waals surface area contributed by atoms with Gasteiger partial charge in [-0.2, -0.15) is 0 Å². The van der Waals surface area contributed by atoms with Crippen molar-refractivity contribution in [1.82, 2.24) is 14.4 Å². The highest BCUT2D eigenvalue weighted by molar-refractivity contribution is 8.26. The monoisotopic (exact) mass is 502 g/mol. The van der Waals surface area contributed by atoms with Crippen molar-refractivity contribution in [3.63, 3.8) is 0 Å². The quantitative estimate of drug-likeness (QED) is 0.333. The second-order valence-electron chi connectivity index (χ2n) is 8.38. The smallest absolute Gasteiger partial charge is 0.266 e. The molecule has 0 radical (unpaired) electrons. The minimum atomic E-state index is -0.167. The molecule has 0 atom stereocenters. The van der Waals surface area contributed by atoms with Crippen molar-refractivity contribution in [2.24, 2.45) is 7.05 Å². The summed E-state index contributed by atoms with van der Waals surface area (Å²) in [6, 6.07) is 7.87. The molecule has 0 unspecified atom stereocenters. The third kappa shape index (κ3) is 4.92. The van der Waals surface area contributed by atoms with E-state index in [1.165, 1.54) is 11.8 Å². The van der Waals surface area contributed by atoms with Gasteiger partial charge in [0.15, 0.2) is 0 Å². The van der Waals surface area contributed by atoms with Crippen LogP contribution in [-0.2, 0) is 16.6 Å². The molecule has 10 heteroatoms. The highest BCUT2D eigenvalue weighted by atomic mass is 32.2. The van der Waals surface area contributed by atoms with Crippen LogP contribution in [0.4, 0.5) is 5.69 Å². The van der Waals surface area contributed by atoms with E-state index < -0.39 is 0 Å². The van der Waals surface area contributed by atoms with E-state index in [4.69, 9.17) is 17.0 Å². The van der Waals surface area contributed by atoms with Gasteiger partial charge in [-0.15, -0.1) is 0 Å². The van der Waals surface area contributed by atoms with E-state index in [2.05, 4.69) is 9.80 Å². The molecule has 2 fully saturated rings. The number of aryl methyl sites for hydroxylation is 1. The largest absolute Gasteiger partial charge is 0.395 e. The fourth-order valence-electron chi connectivity index (χ4n) is 4.50. The number of anilines is 1. The fourth-order valence-corrected chi connectivity index (χ4v) is 5.79. The summed E-state index contributed by atoms with van der Waals surface area (Å²) in [5, 5.41) is 10.3. The van der Waals surface area contributed by atoms with E-state index in [1.54, 1.807) is 29.7 Å². The predicted molar refractivity (Wildman–Crippen MR) is 141 cm³/mol. The minimum absolute atomic E-state index is 0.131. The lowest BCUT2D eigenvalue weighted by atomic mass is 10.1. The normalized spacial score (nSPS) is 18.6.